The molecule has 1 N–H and O–H groups in total. The number of carbonyl (C=O) groups excluding carboxylic acids is 1. The Hall–Kier alpha value is -2.22. The molecule has 5 heteroatoms. The second-order valence-corrected chi connectivity index (χ2v) is 7.43. The smallest absolute Gasteiger partial charge is 0.225 e. The number of likely N-dealkylation sites (tertiary alicyclic amines) is 1. The summed E-state index contributed by atoms with van der Waals surface area (Å²) in [6.07, 6.45) is 4.99. The molecule has 1 aromatic carbocycles. The first-order valence-electron chi connectivity index (χ1n) is 9.33. The quantitative estimate of drug-likeness (QED) is 0.856. The molecule has 0 bridgehead atoms. The van der Waals surface area contributed by atoms with Crippen LogP contribution in [0.15, 0.2) is 24.3 Å². The number of aryl methyl sites for hydroxylation is 1. The molecule has 5 nitrogen and oxygen atoms in total. The molecule has 0 aliphatic carbocycles. The van der Waals surface area contributed by atoms with Crippen LogP contribution in [-0.4, -0.2) is 42.0 Å². The molecule has 0 spiro atoms. The van der Waals surface area contributed by atoms with Crippen LogP contribution in [0.25, 0.3) is 0 Å². The molecule has 4 atom stereocenters. The maximum absolute atomic E-state index is 12.7. The van der Waals surface area contributed by atoms with E-state index in [2.05, 4.69) is 54.5 Å². The van der Waals surface area contributed by atoms with Crippen LogP contribution in [0, 0.1) is 24.3 Å². The summed E-state index contributed by atoms with van der Waals surface area (Å²) in [4.78, 5) is 16.9. The van der Waals surface area contributed by atoms with Crippen LogP contribution >= 0.6 is 0 Å². The van der Waals surface area contributed by atoms with Gasteiger partial charge in [0.2, 0.25) is 5.91 Å². The first-order chi connectivity index (χ1) is 12.0. The standard InChI is InChI=1S/C20H28N4O/c1-4-17-11-19(15(3)24(17)13-21)22-20(25)16-8-9-23(12-16)18-7-5-6-14(2)10-18/h5-7,10,15-17,19H,4,8-9,11-12H2,1-3H3,(H,22,25)/t15-,16+,17+,19-/m1/s1. The predicted molar refractivity (Wildman–Crippen MR) is 99.0 cm³/mol. The van der Waals surface area contributed by atoms with E-state index < -0.39 is 0 Å². The fraction of sp³-hybridized carbons (Fsp3) is 0.600. The zero-order valence-electron chi connectivity index (χ0n) is 15.4. The number of amides is 1. The minimum Gasteiger partial charge on any atom is -0.371 e. The summed E-state index contributed by atoms with van der Waals surface area (Å²) in [6.45, 7) is 7.93. The topological polar surface area (TPSA) is 59.4 Å². The first-order valence-corrected chi connectivity index (χ1v) is 9.33. The van der Waals surface area contributed by atoms with Gasteiger partial charge < -0.3 is 15.1 Å². The van der Waals surface area contributed by atoms with Gasteiger partial charge in [0.25, 0.3) is 0 Å². The van der Waals surface area contributed by atoms with E-state index in [1.165, 1.54) is 11.3 Å². The van der Waals surface area contributed by atoms with Crippen LogP contribution in [0.3, 0.4) is 0 Å². The number of rotatable bonds is 4. The monoisotopic (exact) mass is 340 g/mol. The van der Waals surface area contributed by atoms with E-state index in [0.717, 1.165) is 32.4 Å². The van der Waals surface area contributed by atoms with Crippen molar-refractivity contribution in [2.75, 3.05) is 18.0 Å². The van der Waals surface area contributed by atoms with Crippen molar-refractivity contribution in [2.45, 2.75) is 58.2 Å². The second kappa shape index (κ2) is 7.35. The Bertz CT molecular complexity index is 668. The van der Waals surface area contributed by atoms with Crippen LogP contribution < -0.4 is 10.2 Å². The van der Waals surface area contributed by atoms with Crippen molar-refractivity contribution in [3.8, 4) is 6.19 Å². The Balaban J connectivity index is 1.59. The van der Waals surface area contributed by atoms with Gasteiger partial charge in [0.05, 0.1) is 18.0 Å². The van der Waals surface area contributed by atoms with E-state index in [4.69, 9.17) is 0 Å². The molecule has 0 aromatic heterocycles. The number of nitrogens with zero attached hydrogens (tertiary/aromatic N) is 3. The normalized spacial score (nSPS) is 28.9. The molecule has 2 heterocycles. The minimum atomic E-state index is 0.0314. The molecule has 1 aromatic rings. The number of anilines is 1. The Morgan fingerprint density at radius 3 is 2.88 bits per heavy atom. The van der Waals surface area contributed by atoms with Gasteiger partial charge in [0.1, 0.15) is 0 Å². The molecule has 25 heavy (non-hydrogen) atoms. The maximum atomic E-state index is 12.7. The molecule has 0 unspecified atom stereocenters. The van der Waals surface area contributed by atoms with Gasteiger partial charge in [-0.15, -0.1) is 0 Å². The first kappa shape index (κ1) is 17.6. The Labute approximate surface area is 150 Å². The summed E-state index contributed by atoms with van der Waals surface area (Å²) >= 11 is 0. The van der Waals surface area contributed by atoms with Crippen molar-refractivity contribution < 1.29 is 4.79 Å². The van der Waals surface area contributed by atoms with Crippen molar-refractivity contribution in [1.29, 1.82) is 5.26 Å². The van der Waals surface area contributed by atoms with E-state index in [0.29, 0.717) is 0 Å². The molecule has 2 fully saturated rings. The van der Waals surface area contributed by atoms with Crippen LogP contribution in [0.1, 0.15) is 38.7 Å². The average Bonchev–Trinajstić information content (AvgIpc) is 3.20. The maximum Gasteiger partial charge on any atom is 0.225 e. The van der Waals surface area contributed by atoms with E-state index in [1.807, 2.05) is 11.8 Å². The van der Waals surface area contributed by atoms with E-state index in [1.54, 1.807) is 0 Å². The van der Waals surface area contributed by atoms with Gasteiger partial charge in [-0.05, 0) is 50.8 Å². The molecule has 3 rings (SSSR count). The predicted octanol–water partition coefficient (Wildman–Crippen LogP) is 2.66. The lowest BCUT2D eigenvalue weighted by molar-refractivity contribution is -0.125. The number of hydrogen-bond acceptors (Lipinski definition) is 4. The number of benzene rings is 1. The summed E-state index contributed by atoms with van der Waals surface area (Å²) in [5, 5.41) is 12.6. The van der Waals surface area contributed by atoms with E-state index in [-0.39, 0.29) is 30.0 Å². The second-order valence-electron chi connectivity index (χ2n) is 7.43. The molecule has 134 valence electrons. The molecule has 0 saturated carbocycles. The van der Waals surface area contributed by atoms with E-state index in [9.17, 15) is 10.1 Å². The van der Waals surface area contributed by atoms with Gasteiger partial charge in [-0.1, -0.05) is 19.1 Å². The molecule has 2 aliphatic heterocycles. The Morgan fingerprint density at radius 2 is 2.24 bits per heavy atom. The van der Waals surface area contributed by atoms with Crippen molar-refractivity contribution in [3.63, 3.8) is 0 Å². The van der Waals surface area contributed by atoms with Crippen LogP contribution in [0.2, 0.25) is 0 Å². The van der Waals surface area contributed by atoms with Crippen molar-refractivity contribution in [2.24, 2.45) is 5.92 Å². The Kier molecular flexibility index (Phi) is 5.17. The molecular weight excluding hydrogens is 312 g/mol. The van der Waals surface area contributed by atoms with Gasteiger partial charge in [-0.25, -0.2) is 0 Å². The highest BCUT2D eigenvalue weighted by atomic mass is 16.2. The lowest BCUT2D eigenvalue weighted by atomic mass is 10.0. The lowest BCUT2D eigenvalue weighted by Crippen LogP contribution is -2.45. The molecule has 0 radical (unpaired) electrons. The van der Waals surface area contributed by atoms with Gasteiger partial charge in [0.15, 0.2) is 6.19 Å². The third-order valence-electron chi connectivity index (χ3n) is 5.78. The van der Waals surface area contributed by atoms with Gasteiger partial charge >= 0.3 is 0 Å². The number of hydrogen-bond donors (Lipinski definition) is 1. The van der Waals surface area contributed by atoms with Crippen LogP contribution in [0.5, 0.6) is 0 Å². The number of carbonyl (C=O) groups is 1. The average molecular weight is 340 g/mol. The van der Waals surface area contributed by atoms with Gasteiger partial charge in [-0.2, -0.15) is 5.26 Å². The third kappa shape index (κ3) is 3.58. The largest absolute Gasteiger partial charge is 0.371 e. The molecule has 2 saturated heterocycles. The summed E-state index contributed by atoms with van der Waals surface area (Å²) in [5.74, 6) is 0.172. The fourth-order valence-electron chi connectivity index (χ4n) is 4.18. The fourth-order valence-corrected chi connectivity index (χ4v) is 4.18. The Morgan fingerprint density at radius 1 is 1.44 bits per heavy atom. The summed E-state index contributed by atoms with van der Waals surface area (Å²) in [5.41, 5.74) is 2.44. The molecule has 2 aliphatic rings. The zero-order valence-corrected chi connectivity index (χ0v) is 15.4. The summed E-state index contributed by atoms with van der Waals surface area (Å²) < 4.78 is 0. The lowest BCUT2D eigenvalue weighted by Gasteiger charge is -2.23. The summed E-state index contributed by atoms with van der Waals surface area (Å²) in [7, 11) is 0. The van der Waals surface area contributed by atoms with E-state index >= 15 is 0 Å². The SMILES string of the molecule is CC[C@H]1C[C@@H](NC(=O)[C@H]2CCN(c3cccc(C)c3)C2)[C@@H](C)N1C#N. The number of nitrogens with one attached hydrogen (secondary N) is 1. The van der Waals surface area contributed by atoms with Crippen molar-refractivity contribution >= 4 is 11.6 Å². The van der Waals surface area contributed by atoms with Crippen LogP contribution in [-0.2, 0) is 4.79 Å². The highest BCUT2D eigenvalue weighted by Crippen LogP contribution is 2.28. The highest BCUT2D eigenvalue weighted by Gasteiger charge is 2.39. The minimum absolute atomic E-state index is 0.0314. The third-order valence-corrected chi connectivity index (χ3v) is 5.78. The highest BCUT2D eigenvalue weighted by molar-refractivity contribution is 5.80. The van der Waals surface area contributed by atoms with Crippen LogP contribution in [0.4, 0.5) is 5.69 Å². The zero-order chi connectivity index (χ0) is 18.0. The molecule has 1 amide bonds. The van der Waals surface area contributed by atoms with Gasteiger partial charge in [-0.3, -0.25) is 4.79 Å². The van der Waals surface area contributed by atoms with Crippen molar-refractivity contribution in [3.05, 3.63) is 29.8 Å². The molecular formula is C20H28N4O. The number of nitriles is 1. The van der Waals surface area contributed by atoms with Crippen molar-refractivity contribution in [1.82, 2.24) is 10.2 Å². The summed E-state index contributed by atoms with van der Waals surface area (Å²) in [6, 6.07) is 8.85. The van der Waals surface area contributed by atoms with Gasteiger partial charge in [0, 0.05) is 24.8 Å².